The highest BCUT2D eigenvalue weighted by molar-refractivity contribution is 5.79. The van der Waals surface area contributed by atoms with Gasteiger partial charge in [-0.1, -0.05) is 48.5 Å². The number of carboxylic acid groups (broad SMARTS) is 1. The molecule has 0 radical (unpaired) electrons. The molecule has 0 spiro atoms. The molecule has 0 saturated heterocycles. The smallest absolute Gasteiger partial charge is 0.407 e. The number of carbonyl (C=O) groups is 3. The second-order valence-electron chi connectivity index (χ2n) is 7.62. The predicted octanol–water partition coefficient (Wildman–Crippen LogP) is 2.86. The number of benzene rings is 2. The molecule has 1 aliphatic carbocycles. The Balaban J connectivity index is 1.35. The molecular weight excluding hydrogens is 412 g/mol. The Labute approximate surface area is 187 Å². The Kier molecular flexibility index (Phi) is 8.21. The molecule has 170 valence electrons. The van der Waals surface area contributed by atoms with Crippen molar-refractivity contribution in [2.45, 2.75) is 18.8 Å². The molecule has 0 bridgehead atoms. The average molecular weight is 440 g/mol. The van der Waals surface area contributed by atoms with Crippen LogP contribution in [0.15, 0.2) is 48.5 Å². The van der Waals surface area contributed by atoms with Crippen molar-refractivity contribution in [2.24, 2.45) is 0 Å². The van der Waals surface area contributed by atoms with Gasteiger partial charge in [-0.05, 0) is 28.7 Å². The molecule has 0 saturated carbocycles. The number of hydrogen-bond acceptors (Lipinski definition) is 5. The third kappa shape index (κ3) is 6.07. The van der Waals surface area contributed by atoms with E-state index in [9.17, 15) is 14.4 Å². The van der Waals surface area contributed by atoms with Gasteiger partial charge in [-0.15, -0.1) is 0 Å². The number of alkyl carbamates (subject to hydrolysis) is 1. The van der Waals surface area contributed by atoms with E-state index in [0.717, 1.165) is 11.1 Å². The number of carboxylic acids is 1. The number of amides is 2. The topological polar surface area (TPSA) is 105 Å². The zero-order chi connectivity index (χ0) is 22.9. The second-order valence-corrected chi connectivity index (χ2v) is 7.62. The first-order valence-corrected chi connectivity index (χ1v) is 10.6. The molecule has 2 N–H and O–H groups in total. The van der Waals surface area contributed by atoms with Crippen LogP contribution in [-0.4, -0.2) is 67.9 Å². The Morgan fingerprint density at radius 1 is 1.03 bits per heavy atom. The van der Waals surface area contributed by atoms with Crippen LogP contribution in [0.4, 0.5) is 4.79 Å². The molecule has 8 nitrogen and oxygen atoms in total. The summed E-state index contributed by atoms with van der Waals surface area (Å²) in [6, 6.07) is 16.3. The fourth-order valence-corrected chi connectivity index (χ4v) is 3.74. The minimum absolute atomic E-state index is 0.00122. The molecular formula is C24H28N2O6. The number of nitrogens with zero attached hydrogens (tertiary/aromatic N) is 1. The van der Waals surface area contributed by atoms with Crippen LogP contribution in [-0.2, 0) is 19.1 Å². The average Bonchev–Trinajstić information content (AvgIpc) is 3.10. The van der Waals surface area contributed by atoms with Gasteiger partial charge in [0.2, 0.25) is 5.91 Å². The third-order valence-electron chi connectivity index (χ3n) is 5.39. The Morgan fingerprint density at radius 3 is 2.28 bits per heavy atom. The molecule has 2 aromatic carbocycles. The van der Waals surface area contributed by atoms with Crippen molar-refractivity contribution in [3.63, 3.8) is 0 Å². The van der Waals surface area contributed by atoms with Crippen LogP contribution in [0.2, 0.25) is 0 Å². The summed E-state index contributed by atoms with van der Waals surface area (Å²) in [7, 11) is 1.60. The first-order valence-electron chi connectivity index (χ1n) is 10.6. The van der Waals surface area contributed by atoms with Crippen LogP contribution in [0.25, 0.3) is 11.1 Å². The molecule has 2 amide bonds. The van der Waals surface area contributed by atoms with E-state index in [0.29, 0.717) is 13.0 Å². The number of aliphatic carboxylic acids is 1. The molecule has 0 heterocycles. The van der Waals surface area contributed by atoms with Crippen LogP contribution in [0.3, 0.4) is 0 Å². The maximum atomic E-state index is 12.1. The lowest BCUT2D eigenvalue weighted by Crippen LogP contribution is -2.33. The van der Waals surface area contributed by atoms with Crippen molar-refractivity contribution < 1.29 is 29.0 Å². The summed E-state index contributed by atoms with van der Waals surface area (Å²) in [6.07, 6.45) is -0.128. The summed E-state index contributed by atoms with van der Waals surface area (Å²) in [5.74, 6) is -1.13. The highest BCUT2D eigenvalue weighted by Crippen LogP contribution is 2.44. The second kappa shape index (κ2) is 11.3. The summed E-state index contributed by atoms with van der Waals surface area (Å²) in [5, 5.41) is 11.3. The minimum atomic E-state index is -0.888. The summed E-state index contributed by atoms with van der Waals surface area (Å²) in [5.41, 5.74) is 4.64. The van der Waals surface area contributed by atoms with Gasteiger partial charge in [0.25, 0.3) is 0 Å². The number of rotatable bonds is 11. The van der Waals surface area contributed by atoms with Crippen molar-refractivity contribution in [3.8, 4) is 11.1 Å². The summed E-state index contributed by atoms with van der Waals surface area (Å²) >= 11 is 0. The van der Waals surface area contributed by atoms with Gasteiger partial charge in [0, 0.05) is 32.5 Å². The van der Waals surface area contributed by atoms with Gasteiger partial charge in [-0.25, -0.2) is 4.79 Å². The summed E-state index contributed by atoms with van der Waals surface area (Å²) < 4.78 is 10.7. The van der Waals surface area contributed by atoms with Crippen LogP contribution >= 0.6 is 0 Å². The molecule has 32 heavy (non-hydrogen) atoms. The molecule has 0 aliphatic heterocycles. The SMILES string of the molecule is CN(CCCC(=O)O)C(=O)COCCNC(=O)OCC1c2ccccc2-c2ccccc21. The van der Waals surface area contributed by atoms with E-state index in [1.807, 2.05) is 24.3 Å². The maximum Gasteiger partial charge on any atom is 0.407 e. The molecule has 0 atom stereocenters. The summed E-state index contributed by atoms with van der Waals surface area (Å²) in [6.45, 7) is 0.842. The first-order chi connectivity index (χ1) is 15.5. The van der Waals surface area contributed by atoms with Gasteiger partial charge >= 0.3 is 12.1 Å². The van der Waals surface area contributed by atoms with E-state index >= 15 is 0 Å². The Morgan fingerprint density at radius 2 is 1.66 bits per heavy atom. The molecule has 8 heteroatoms. The van der Waals surface area contributed by atoms with E-state index in [4.69, 9.17) is 14.6 Å². The normalized spacial score (nSPS) is 12.0. The third-order valence-corrected chi connectivity index (χ3v) is 5.39. The van der Waals surface area contributed by atoms with Gasteiger partial charge in [-0.3, -0.25) is 9.59 Å². The number of carbonyl (C=O) groups excluding carboxylic acids is 2. The van der Waals surface area contributed by atoms with Crippen LogP contribution in [0.5, 0.6) is 0 Å². The lowest BCUT2D eigenvalue weighted by molar-refractivity contribution is -0.138. The number of likely N-dealkylation sites (N-methyl/N-ethyl adjacent to an activating group) is 1. The number of ether oxygens (including phenoxy) is 2. The van der Waals surface area contributed by atoms with Crippen molar-refractivity contribution in [3.05, 3.63) is 59.7 Å². The van der Waals surface area contributed by atoms with Crippen LogP contribution in [0, 0.1) is 0 Å². The van der Waals surface area contributed by atoms with E-state index in [1.165, 1.54) is 16.0 Å². The number of hydrogen-bond donors (Lipinski definition) is 2. The zero-order valence-electron chi connectivity index (χ0n) is 18.1. The molecule has 1 aliphatic rings. The standard InChI is InChI=1S/C24H28N2O6/c1-26(13-6-11-23(28)29)22(27)16-31-14-12-25-24(30)32-15-21-19-9-4-2-7-17(19)18-8-3-5-10-20(18)21/h2-5,7-10,21H,6,11-16H2,1H3,(H,25,30)(H,28,29). The molecule has 2 aromatic rings. The predicted molar refractivity (Wildman–Crippen MR) is 118 cm³/mol. The quantitative estimate of drug-likeness (QED) is 0.521. The van der Waals surface area contributed by atoms with Gasteiger partial charge in [0.05, 0.1) is 6.61 Å². The lowest BCUT2D eigenvalue weighted by Gasteiger charge is -2.17. The number of fused-ring (bicyclic) bond motifs is 3. The van der Waals surface area contributed by atoms with E-state index in [2.05, 4.69) is 29.6 Å². The Hall–Kier alpha value is -3.39. The fraction of sp³-hybridized carbons (Fsp3) is 0.375. The van der Waals surface area contributed by atoms with E-state index in [-0.39, 0.29) is 44.6 Å². The highest BCUT2D eigenvalue weighted by atomic mass is 16.5. The van der Waals surface area contributed by atoms with Gasteiger partial charge < -0.3 is 24.8 Å². The molecule has 0 aromatic heterocycles. The maximum absolute atomic E-state index is 12.1. The van der Waals surface area contributed by atoms with Crippen molar-refractivity contribution in [2.75, 3.05) is 40.0 Å². The van der Waals surface area contributed by atoms with Gasteiger partial charge in [0.1, 0.15) is 13.2 Å². The molecule has 0 fully saturated rings. The Bertz CT molecular complexity index is 916. The monoisotopic (exact) mass is 440 g/mol. The van der Waals surface area contributed by atoms with E-state index < -0.39 is 12.1 Å². The highest BCUT2D eigenvalue weighted by Gasteiger charge is 2.28. The van der Waals surface area contributed by atoms with Crippen molar-refractivity contribution >= 4 is 18.0 Å². The van der Waals surface area contributed by atoms with Crippen LogP contribution in [0.1, 0.15) is 29.9 Å². The van der Waals surface area contributed by atoms with Crippen molar-refractivity contribution in [1.82, 2.24) is 10.2 Å². The largest absolute Gasteiger partial charge is 0.481 e. The number of nitrogens with one attached hydrogen (secondary N) is 1. The van der Waals surface area contributed by atoms with Crippen LogP contribution < -0.4 is 5.32 Å². The minimum Gasteiger partial charge on any atom is -0.481 e. The van der Waals surface area contributed by atoms with Gasteiger partial charge in [0.15, 0.2) is 0 Å². The summed E-state index contributed by atoms with van der Waals surface area (Å²) in [4.78, 5) is 35.9. The fourth-order valence-electron chi connectivity index (χ4n) is 3.74. The first kappa shape index (κ1) is 23.3. The lowest BCUT2D eigenvalue weighted by atomic mass is 9.98. The zero-order valence-corrected chi connectivity index (χ0v) is 18.1. The molecule has 0 unspecified atom stereocenters. The van der Waals surface area contributed by atoms with Crippen molar-refractivity contribution in [1.29, 1.82) is 0 Å². The van der Waals surface area contributed by atoms with Gasteiger partial charge in [-0.2, -0.15) is 0 Å². The van der Waals surface area contributed by atoms with E-state index in [1.54, 1.807) is 7.05 Å². The molecule has 3 rings (SSSR count).